The van der Waals surface area contributed by atoms with E-state index < -0.39 is 5.97 Å². The van der Waals surface area contributed by atoms with E-state index in [2.05, 4.69) is 23.7 Å². The van der Waals surface area contributed by atoms with Gasteiger partial charge in [-0.15, -0.1) is 0 Å². The van der Waals surface area contributed by atoms with E-state index in [9.17, 15) is 14.7 Å². The molecule has 228 valence electrons. The molecule has 42 heavy (non-hydrogen) atoms. The summed E-state index contributed by atoms with van der Waals surface area (Å²) in [5.41, 5.74) is 2.65. The first kappa shape index (κ1) is 30.1. The minimum Gasteiger partial charge on any atom is -0.497 e. The number of carbonyl (C=O) groups excluding carboxylic acids is 1. The lowest BCUT2D eigenvalue weighted by molar-refractivity contribution is -0.137. The van der Waals surface area contributed by atoms with E-state index >= 15 is 0 Å². The molecule has 0 radical (unpaired) electrons. The number of nitrogens with zero attached hydrogens (tertiary/aromatic N) is 3. The van der Waals surface area contributed by atoms with E-state index in [4.69, 9.17) is 14.2 Å². The Morgan fingerprint density at radius 2 is 1.88 bits per heavy atom. The van der Waals surface area contributed by atoms with E-state index in [0.29, 0.717) is 55.6 Å². The number of hydrogen-bond acceptors (Lipinski definition) is 7. The molecule has 1 unspecified atom stereocenters. The summed E-state index contributed by atoms with van der Waals surface area (Å²) in [6.45, 7) is 8.31. The fourth-order valence-electron chi connectivity index (χ4n) is 6.42. The Balaban J connectivity index is 1.22. The number of benzene rings is 1. The lowest BCUT2D eigenvalue weighted by Crippen LogP contribution is -2.49. The Morgan fingerprint density at radius 1 is 1.10 bits per heavy atom. The van der Waals surface area contributed by atoms with Crippen LogP contribution in [0, 0.1) is 17.8 Å². The van der Waals surface area contributed by atoms with Crippen LogP contribution < -0.4 is 14.4 Å². The zero-order chi connectivity index (χ0) is 29.6. The van der Waals surface area contributed by atoms with E-state index in [1.54, 1.807) is 13.3 Å². The molecular formula is C33H45N3O6. The minimum atomic E-state index is -0.765. The molecule has 1 saturated carbocycles. The maximum absolute atomic E-state index is 13.9. The molecule has 2 saturated heterocycles. The Labute approximate surface area is 249 Å². The molecule has 3 aliphatic rings. The van der Waals surface area contributed by atoms with Gasteiger partial charge in [0.25, 0.3) is 5.91 Å². The number of carboxylic acid groups (broad SMARTS) is 1. The molecule has 3 heterocycles. The van der Waals surface area contributed by atoms with Crippen molar-refractivity contribution in [2.24, 2.45) is 17.8 Å². The maximum atomic E-state index is 13.9. The first-order valence-corrected chi connectivity index (χ1v) is 15.4. The molecule has 1 N–H and O–H groups in total. The lowest BCUT2D eigenvalue weighted by Gasteiger charge is -2.38. The highest BCUT2D eigenvalue weighted by Gasteiger charge is 2.34. The van der Waals surface area contributed by atoms with Gasteiger partial charge in [0, 0.05) is 38.0 Å². The van der Waals surface area contributed by atoms with E-state index in [-0.39, 0.29) is 24.3 Å². The summed E-state index contributed by atoms with van der Waals surface area (Å²) in [5.74, 6) is 1.91. The number of carboxylic acids is 1. The minimum absolute atomic E-state index is 0.0222. The van der Waals surface area contributed by atoms with E-state index in [1.165, 1.54) is 0 Å². The van der Waals surface area contributed by atoms with Gasteiger partial charge in [-0.1, -0.05) is 13.8 Å². The molecule has 5 rings (SSSR count). The number of aromatic nitrogens is 1. The topological polar surface area (TPSA) is 101 Å². The van der Waals surface area contributed by atoms with Crippen LogP contribution in [0.2, 0.25) is 0 Å². The van der Waals surface area contributed by atoms with Gasteiger partial charge in [0.2, 0.25) is 5.88 Å². The standard InChI is InChI=1S/C33H45N3O6/c1-22(2)16-26-21-41-15-14-36(26)33(39)28-7-6-27(40-3)18-30(28)35-12-9-23(10-13-35)20-42-31-17-25(8-11-34-31)29(19-32(37)38)24-4-5-24/h6-8,11,17-18,22-24,26,29H,4-5,9-10,12-16,19-21H2,1-3H3,(H,37,38)/t26-,29?/m0/s1. The van der Waals surface area contributed by atoms with Gasteiger partial charge < -0.3 is 29.1 Å². The van der Waals surface area contributed by atoms with Gasteiger partial charge in [-0.3, -0.25) is 9.59 Å². The first-order valence-electron chi connectivity index (χ1n) is 15.4. The second-order valence-electron chi connectivity index (χ2n) is 12.5. The van der Waals surface area contributed by atoms with Crippen LogP contribution in [0.3, 0.4) is 0 Å². The van der Waals surface area contributed by atoms with Crippen molar-refractivity contribution in [3.05, 3.63) is 47.7 Å². The van der Waals surface area contributed by atoms with Gasteiger partial charge in [-0.2, -0.15) is 0 Å². The number of methoxy groups -OCH3 is 1. The summed E-state index contributed by atoms with van der Waals surface area (Å²) < 4.78 is 17.4. The number of amides is 1. The Morgan fingerprint density at radius 3 is 2.57 bits per heavy atom. The molecule has 2 aliphatic heterocycles. The monoisotopic (exact) mass is 579 g/mol. The Kier molecular flexibility index (Phi) is 9.88. The largest absolute Gasteiger partial charge is 0.497 e. The van der Waals surface area contributed by atoms with Crippen molar-refractivity contribution in [1.82, 2.24) is 9.88 Å². The number of anilines is 1. The molecule has 9 nitrogen and oxygen atoms in total. The highest BCUT2D eigenvalue weighted by atomic mass is 16.5. The molecule has 1 aromatic heterocycles. The number of ether oxygens (including phenoxy) is 3. The molecular weight excluding hydrogens is 534 g/mol. The van der Waals surface area contributed by atoms with Crippen LogP contribution in [0.15, 0.2) is 36.5 Å². The van der Waals surface area contributed by atoms with Crippen molar-refractivity contribution in [1.29, 1.82) is 0 Å². The number of rotatable bonds is 12. The predicted octanol–water partition coefficient (Wildman–Crippen LogP) is 5.24. The molecule has 1 aliphatic carbocycles. The van der Waals surface area contributed by atoms with Crippen molar-refractivity contribution in [3.8, 4) is 11.6 Å². The average molecular weight is 580 g/mol. The van der Waals surface area contributed by atoms with Gasteiger partial charge in [0.1, 0.15) is 5.75 Å². The Hall–Kier alpha value is -3.33. The molecule has 1 amide bonds. The fourth-order valence-corrected chi connectivity index (χ4v) is 6.42. The quantitative estimate of drug-likeness (QED) is 0.364. The summed E-state index contributed by atoms with van der Waals surface area (Å²) in [6, 6.07) is 9.70. The van der Waals surface area contributed by atoms with Gasteiger partial charge in [0.15, 0.2) is 0 Å². The predicted molar refractivity (Wildman–Crippen MR) is 160 cm³/mol. The SMILES string of the molecule is COc1ccc(C(=O)N2CCOC[C@@H]2CC(C)C)c(N2CCC(COc3cc(C(CC(=O)O)C4CC4)ccn3)CC2)c1. The molecule has 0 bridgehead atoms. The van der Waals surface area contributed by atoms with Crippen molar-refractivity contribution in [2.75, 3.05) is 51.5 Å². The number of hydrogen-bond donors (Lipinski definition) is 1. The molecule has 3 fully saturated rings. The number of aliphatic carboxylic acids is 1. The van der Waals surface area contributed by atoms with Gasteiger partial charge >= 0.3 is 5.97 Å². The maximum Gasteiger partial charge on any atom is 0.303 e. The summed E-state index contributed by atoms with van der Waals surface area (Å²) in [5, 5.41) is 9.37. The van der Waals surface area contributed by atoms with Crippen LogP contribution in [-0.2, 0) is 9.53 Å². The van der Waals surface area contributed by atoms with Crippen molar-refractivity contribution in [2.45, 2.75) is 64.3 Å². The summed E-state index contributed by atoms with van der Waals surface area (Å²) >= 11 is 0. The van der Waals surface area contributed by atoms with E-state index in [0.717, 1.165) is 62.2 Å². The van der Waals surface area contributed by atoms with Crippen LogP contribution in [0.4, 0.5) is 5.69 Å². The summed E-state index contributed by atoms with van der Waals surface area (Å²) in [6.07, 6.45) is 6.82. The highest BCUT2D eigenvalue weighted by Crippen LogP contribution is 2.45. The van der Waals surface area contributed by atoms with Crippen LogP contribution in [0.5, 0.6) is 11.6 Å². The molecule has 9 heteroatoms. The average Bonchev–Trinajstić information content (AvgIpc) is 3.84. The smallest absolute Gasteiger partial charge is 0.303 e. The van der Waals surface area contributed by atoms with Crippen LogP contribution >= 0.6 is 0 Å². The van der Waals surface area contributed by atoms with Gasteiger partial charge in [-0.25, -0.2) is 4.98 Å². The van der Waals surface area contributed by atoms with Crippen molar-refractivity contribution in [3.63, 3.8) is 0 Å². The zero-order valence-electron chi connectivity index (χ0n) is 25.2. The number of morpholine rings is 1. The van der Waals surface area contributed by atoms with Crippen molar-refractivity contribution >= 4 is 17.6 Å². The number of piperidine rings is 1. The molecule has 0 spiro atoms. The zero-order valence-corrected chi connectivity index (χ0v) is 25.2. The first-order chi connectivity index (χ1) is 20.3. The van der Waals surface area contributed by atoms with Crippen LogP contribution in [0.25, 0.3) is 0 Å². The van der Waals surface area contributed by atoms with Crippen molar-refractivity contribution < 1.29 is 28.9 Å². The fraction of sp³-hybridized carbons (Fsp3) is 0.606. The van der Waals surface area contributed by atoms with Crippen LogP contribution in [-0.4, -0.2) is 79.5 Å². The molecule has 1 aromatic carbocycles. The molecule has 2 aromatic rings. The summed E-state index contributed by atoms with van der Waals surface area (Å²) in [7, 11) is 1.66. The third-order valence-corrected chi connectivity index (χ3v) is 8.86. The normalized spacial score (nSPS) is 20.4. The van der Waals surface area contributed by atoms with Gasteiger partial charge in [-0.05, 0) is 79.5 Å². The summed E-state index contributed by atoms with van der Waals surface area (Å²) in [4.78, 5) is 34.0. The van der Waals surface area contributed by atoms with Crippen LogP contribution in [0.1, 0.15) is 74.2 Å². The highest BCUT2D eigenvalue weighted by molar-refractivity contribution is 6.00. The lowest BCUT2D eigenvalue weighted by atomic mass is 9.92. The third kappa shape index (κ3) is 7.54. The molecule has 2 atom stereocenters. The third-order valence-electron chi connectivity index (χ3n) is 8.86. The number of carbonyl (C=O) groups is 2. The second kappa shape index (κ2) is 13.8. The second-order valence-corrected chi connectivity index (χ2v) is 12.5. The number of pyridine rings is 1. The van der Waals surface area contributed by atoms with E-state index in [1.807, 2.05) is 35.2 Å². The van der Waals surface area contributed by atoms with Gasteiger partial charge in [0.05, 0.1) is 50.6 Å². The Bertz CT molecular complexity index is 1220.